The van der Waals surface area contributed by atoms with Gasteiger partial charge in [-0.3, -0.25) is 0 Å². The lowest BCUT2D eigenvalue weighted by molar-refractivity contribution is 0.129. The Morgan fingerprint density at radius 1 is 1.26 bits per heavy atom. The van der Waals surface area contributed by atoms with E-state index in [9.17, 15) is 4.39 Å². The van der Waals surface area contributed by atoms with Gasteiger partial charge in [0.05, 0.1) is 11.6 Å². The monoisotopic (exact) mass is 264 g/mol. The van der Waals surface area contributed by atoms with Crippen molar-refractivity contribution in [2.45, 2.75) is 32.7 Å². The molecule has 0 bridgehead atoms. The van der Waals surface area contributed by atoms with Crippen LogP contribution in [0.25, 0.3) is 0 Å². The van der Waals surface area contributed by atoms with Crippen molar-refractivity contribution in [3.8, 4) is 6.07 Å². The van der Waals surface area contributed by atoms with Crippen molar-refractivity contribution in [2.75, 3.05) is 19.8 Å². The number of hydrogen-bond donors (Lipinski definition) is 1. The highest BCUT2D eigenvalue weighted by Gasteiger charge is 2.00. The summed E-state index contributed by atoms with van der Waals surface area (Å²) in [6.07, 6.45) is 3.19. The maximum Gasteiger partial charge on any atom is 0.124 e. The first kappa shape index (κ1) is 15.6. The van der Waals surface area contributed by atoms with Crippen LogP contribution in [0.15, 0.2) is 18.2 Å². The molecule has 0 unspecified atom stereocenters. The third kappa shape index (κ3) is 6.90. The summed E-state index contributed by atoms with van der Waals surface area (Å²) in [5.41, 5.74) is 1.16. The number of halogens is 1. The van der Waals surface area contributed by atoms with Crippen LogP contribution in [0, 0.1) is 17.1 Å². The van der Waals surface area contributed by atoms with Crippen molar-refractivity contribution < 1.29 is 9.13 Å². The molecule has 0 radical (unpaired) electrons. The van der Waals surface area contributed by atoms with Crippen LogP contribution in [0.5, 0.6) is 0 Å². The van der Waals surface area contributed by atoms with Crippen LogP contribution in [0.4, 0.5) is 4.39 Å². The zero-order valence-corrected chi connectivity index (χ0v) is 11.4. The van der Waals surface area contributed by atoms with Crippen molar-refractivity contribution in [3.63, 3.8) is 0 Å². The van der Waals surface area contributed by atoms with Crippen molar-refractivity contribution in [3.05, 3.63) is 35.1 Å². The van der Waals surface area contributed by atoms with E-state index >= 15 is 0 Å². The normalized spacial score (nSPS) is 10.4. The minimum Gasteiger partial charge on any atom is -0.381 e. The Kier molecular flexibility index (Phi) is 7.80. The highest BCUT2D eigenvalue weighted by atomic mass is 19.1. The molecular formula is C15H21FN2O. The summed E-state index contributed by atoms with van der Waals surface area (Å²) in [5, 5.41) is 12.0. The van der Waals surface area contributed by atoms with E-state index in [4.69, 9.17) is 10.00 Å². The molecule has 0 atom stereocenters. The van der Waals surface area contributed by atoms with E-state index < -0.39 is 0 Å². The number of hydrogen-bond acceptors (Lipinski definition) is 3. The molecule has 4 heteroatoms. The topological polar surface area (TPSA) is 45.0 Å². The number of nitrogens with zero attached hydrogens (tertiary/aromatic N) is 1. The SMILES string of the molecule is CCCCOCCCNCc1cc(F)cc(C#N)c1. The van der Waals surface area contributed by atoms with Gasteiger partial charge in [-0.1, -0.05) is 13.3 Å². The molecule has 0 amide bonds. The first-order valence-corrected chi connectivity index (χ1v) is 6.74. The van der Waals surface area contributed by atoms with E-state index in [2.05, 4.69) is 12.2 Å². The average molecular weight is 264 g/mol. The van der Waals surface area contributed by atoms with Gasteiger partial charge >= 0.3 is 0 Å². The molecule has 0 aliphatic carbocycles. The van der Waals surface area contributed by atoms with Crippen LogP contribution in [-0.2, 0) is 11.3 Å². The molecule has 0 saturated heterocycles. The van der Waals surface area contributed by atoms with Gasteiger partial charge < -0.3 is 10.1 Å². The number of rotatable bonds is 9. The number of nitrogens with one attached hydrogen (secondary N) is 1. The maximum absolute atomic E-state index is 13.2. The smallest absolute Gasteiger partial charge is 0.124 e. The van der Waals surface area contributed by atoms with Crippen LogP contribution in [-0.4, -0.2) is 19.8 Å². The van der Waals surface area contributed by atoms with Crippen LogP contribution in [0.2, 0.25) is 0 Å². The molecule has 19 heavy (non-hydrogen) atoms. The van der Waals surface area contributed by atoms with Gasteiger partial charge in [0.1, 0.15) is 5.82 Å². The molecule has 0 aliphatic heterocycles. The summed E-state index contributed by atoms with van der Waals surface area (Å²) in [6, 6.07) is 6.34. The largest absolute Gasteiger partial charge is 0.381 e. The minimum atomic E-state index is -0.362. The first-order chi connectivity index (χ1) is 9.26. The molecule has 1 aromatic rings. The summed E-state index contributed by atoms with van der Waals surface area (Å²) in [5.74, 6) is -0.362. The molecule has 0 aliphatic rings. The lowest BCUT2D eigenvalue weighted by atomic mass is 10.1. The second-order valence-corrected chi connectivity index (χ2v) is 4.46. The predicted molar refractivity (Wildman–Crippen MR) is 73.2 cm³/mol. The highest BCUT2D eigenvalue weighted by molar-refractivity contribution is 5.33. The number of ether oxygens (including phenoxy) is 1. The highest BCUT2D eigenvalue weighted by Crippen LogP contribution is 2.08. The lowest BCUT2D eigenvalue weighted by Crippen LogP contribution is -2.16. The van der Waals surface area contributed by atoms with E-state index in [0.717, 1.165) is 44.6 Å². The zero-order valence-electron chi connectivity index (χ0n) is 11.4. The van der Waals surface area contributed by atoms with Gasteiger partial charge in [0.15, 0.2) is 0 Å². The molecule has 104 valence electrons. The summed E-state index contributed by atoms with van der Waals surface area (Å²) in [7, 11) is 0. The second-order valence-electron chi connectivity index (χ2n) is 4.46. The Bertz CT molecular complexity index is 415. The van der Waals surface area contributed by atoms with Gasteiger partial charge in [-0.25, -0.2) is 4.39 Å². The van der Waals surface area contributed by atoms with Crippen molar-refractivity contribution >= 4 is 0 Å². The lowest BCUT2D eigenvalue weighted by Gasteiger charge is -2.06. The Morgan fingerprint density at radius 2 is 2.05 bits per heavy atom. The third-order valence-corrected chi connectivity index (χ3v) is 2.70. The van der Waals surface area contributed by atoms with Gasteiger partial charge in [0.2, 0.25) is 0 Å². The van der Waals surface area contributed by atoms with Crippen LogP contribution in [0.3, 0.4) is 0 Å². The van der Waals surface area contributed by atoms with Crippen molar-refractivity contribution in [2.24, 2.45) is 0 Å². The van der Waals surface area contributed by atoms with E-state index in [0.29, 0.717) is 12.1 Å². The van der Waals surface area contributed by atoms with Gasteiger partial charge in [-0.2, -0.15) is 5.26 Å². The molecule has 0 aromatic heterocycles. The average Bonchev–Trinajstić information content (AvgIpc) is 2.41. The maximum atomic E-state index is 13.2. The Morgan fingerprint density at radius 3 is 2.79 bits per heavy atom. The van der Waals surface area contributed by atoms with E-state index in [-0.39, 0.29) is 5.82 Å². The first-order valence-electron chi connectivity index (χ1n) is 6.74. The fraction of sp³-hybridized carbons (Fsp3) is 0.533. The van der Waals surface area contributed by atoms with Crippen LogP contribution >= 0.6 is 0 Å². The van der Waals surface area contributed by atoms with Gasteiger partial charge in [-0.15, -0.1) is 0 Å². The Labute approximate surface area is 114 Å². The molecule has 0 spiro atoms. The van der Waals surface area contributed by atoms with Gasteiger partial charge in [-0.05, 0) is 43.1 Å². The molecule has 3 nitrogen and oxygen atoms in total. The molecular weight excluding hydrogens is 243 g/mol. The quantitative estimate of drug-likeness (QED) is 0.697. The molecule has 0 heterocycles. The molecule has 0 saturated carbocycles. The minimum absolute atomic E-state index is 0.361. The van der Waals surface area contributed by atoms with Crippen molar-refractivity contribution in [1.29, 1.82) is 5.26 Å². The summed E-state index contributed by atoms with van der Waals surface area (Å²) in [6.45, 7) is 5.11. The molecule has 1 aromatic carbocycles. The fourth-order valence-electron chi connectivity index (χ4n) is 1.70. The standard InChI is InChI=1S/C15H21FN2O/c1-2-3-6-19-7-4-5-18-12-14-8-13(11-17)9-15(16)10-14/h8-10,18H,2-7,12H2,1H3. The van der Waals surface area contributed by atoms with Gasteiger partial charge in [0.25, 0.3) is 0 Å². The van der Waals surface area contributed by atoms with Crippen LogP contribution < -0.4 is 5.32 Å². The number of benzene rings is 1. The zero-order chi connectivity index (χ0) is 13.9. The third-order valence-electron chi connectivity index (χ3n) is 2.70. The van der Waals surface area contributed by atoms with Crippen molar-refractivity contribution in [1.82, 2.24) is 5.32 Å². The predicted octanol–water partition coefficient (Wildman–Crippen LogP) is 2.99. The second kappa shape index (κ2) is 9.48. The molecule has 0 fully saturated rings. The van der Waals surface area contributed by atoms with Crippen LogP contribution in [0.1, 0.15) is 37.3 Å². The summed E-state index contributed by atoms with van der Waals surface area (Å²) >= 11 is 0. The summed E-state index contributed by atoms with van der Waals surface area (Å²) in [4.78, 5) is 0. The van der Waals surface area contributed by atoms with E-state index in [1.54, 1.807) is 6.07 Å². The molecule has 1 N–H and O–H groups in total. The summed E-state index contributed by atoms with van der Waals surface area (Å²) < 4.78 is 18.6. The Balaban J connectivity index is 2.16. The number of unbranched alkanes of at least 4 members (excludes halogenated alkanes) is 1. The number of nitriles is 1. The Hall–Kier alpha value is -1.44. The van der Waals surface area contributed by atoms with Gasteiger partial charge in [0, 0.05) is 19.8 Å². The molecule has 1 rings (SSSR count). The van der Waals surface area contributed by atoms with E-state index in [1.165, 1.54) is 12.1 Å². The van der Waals surface area contributed by atoms with E-state index in [1.807, 2.05) is 6.07 Å². The fourth-order valence-corrected chi connectivity index (χ4v) is 1.70.